The van der Waals surface area contributed by atoms with Crippen molar-refractivity contribution >= 4 is 61.9 Å². The van der Waals surface area contributed by atoms with Gasteiger partial charge >= 0.3 is 0 Å². The fourth-order valence-electron chi connectivity index (χ4n) is 2.53. The first kappa shape index (κ1) is 18.9. The van der Waals surface area contributed by atoms with Crippen LogP contribution in [0.25, 0.3) is 6.08 Å². The number of thioether (sulfide) groups is 1. The summed E-state index contributed by atoms with van der Waals surface area (Å²) in [6.07, 6.45) is 1.81. The summed E-state index contributed by atoms with van der Waals surface area (Å²) in [7, 11) is 1.59. The number of carbonyl (C=O) groups excluding carboxylic acids is 1. The molecule has 1 aliphatic heterocycles. The maximum absolute atomic E-state index is 12.8. The van der Waals surface area contributed by atoms with Crippen LogP contribution in [0.15, 0.2) is 51.8 Å². The first-order valence-electron chi connectivity index (χ1n) is 7.88. The molecule has 4 nitrogen and oxygen atoms in total. The molecule has 1 fully saturated rings. The summed E-state index contributed by atoms with van der Waals surface area (Å²) in [5.41, 5.74) is 1.59. The van der Waals surface area contributed by atoms with Crippen molar-refractivity contribution in [3.63, 3.8) is 0 Å². The Kier molecular flexibility index (Phi) is 6.01. The van der Waals surface area contributed by atoms with Gasteiger partial charge in [0.1, 0.15) is 0 Å². The van der Waals surface area contributed by atoms with E-state index in [4.69, 9.17) is 21.7 Å². The average Bonchev–Trinajstić information content (AvgIpc) is 2.91. The largest absolute Gasteiger partial charge is 0.493 e. The number of hydrogen-bond donors (Lipinski definition) is 0. The van der Waals surface area contributed by atoms with Crippen molar-refractivity contribution in [1.29, 1.82) is 0 Å². The van der Waals surface area contributed by atoms with Gasteiger partial charge in [-0.1, -0.05) is 42.2 Å². The molecule has 0 N–H and O–H groups in total. The number of benzene rings is 2. The van der Waals surface area contributed by atoms with Crippen molar-refractivity contribution in [2.75, 3.05) is 18.6 Å². The highest BCUT2D eigenvalue weighted by Gasteiger charge is 2.33. The van der Waals surface area contributed by atoms with Crippen LogP contribution in [0.1, 0.15) is 12.5 Å². The Morgan fingerprint density at radius 1 is 1.27 bits per heavy atom. The molecule has 7 heteroatoms. The molecule has 0 radical (unpaired) electrons. The molecule has 134 valence electrons. The molecule has 0 aliphatic carbocycles. The maximum Gasteiger partial charge on any atom is 0.270 e. The predicted octanol–water partition coefficient (Wildman–Crippen LogP) is 5.26. The molecule has 2 aromatic rings. The molecule has 0 atom stereocenters. The fourth-order valence-corrected chi connectivity index (χ4v) is 4.40. The lowest BCUT2D eigenvalue weighted by atomic mass is 10.1. The minimum atomic E-state index is -0.129. The highest BCUT2D eigenvalue weighted by atomic mass is 79.9. The maximum atomic E-state index is 12.8. The zero-order chi connectivity index (χ0) is 18.7. The minimum absolute atomic E-state index is 0.129. The second kappa shape index (κ2) is 8.24. The zero-order valence-electron chi connectivity index (χ0n) is 14.2. The normalized spacial score (nSPS) is 15.7. The second-order valence-corrected chi connectivity index (χ2v) is 7.85. The van der Waals surface area contributed by atoms with Crippen molar-refractivity contribution in [3.8, 4) is 11.5 Å². The quantitative estimate of drug-likeness (QED) is 0.459. The van der Waals surface area contributed by atoms with Crippen LogP contribution < -0.4 is 14.4 Å². The van der Waals surface area contributed by atoms with Gasteiger partial charge in [-0.3, -0.25) is 9.69 Å². The molecule has 1 heterocycles. The Morgan fingerprint density at radius 3 is 2.65 bits per heavy atom. The van der Waals surface area contributed by atoms with Crippen LogP contribution in [0.3, 0.4) is 0 Å². The van der Waals surface area contributed by atoms with Crippen LogP contribution >= 0.6 is 39.9 Å². The van der Waals surface area contributed by atoms with E-state index in [-0.39, 0.29) is 5.91 Å². The third-order valence-electron chi connectivity index (χ3n) is 3.65. The van der Waals surface area contributed by atoms with Gasteiger partial charge in [-0.25, -0.2) is 0 Å². The standard InChI is InChI=1S/C19H16BrNO3S2/c1-3-24-17-14(20)9-12(10-15(17)23-2)11-16-18(22)21(19(25)26-16)13-7-5-4-6-8-13/h4-11H,3H2,1-2H3/b16-11+. The SMILES string of the molecule is CCOc1c(Br)cc(/C=C2/SC(=S)N(c3ccccc3)C2=O)cc1OC. The smallest absolute Gasteiger partial charge is 0.270 e. The number of halogens is 1. The topological polar surface area (TPSA) is 38.8 Å². The summed E-state index contributed by atoms with van der Waals surface area (Å²) in [5.74, 6) is 1.12. The van der Waals surface area contributed by atoms with Crippen LogP contribution in [-0.2, 0) is 4.79 Å². The van der Waals surface area contributed by atoms with E-state index in [1.807, 2.05) is 55.5 Å². The van der Waals surface area contributed by atoms with Gasteiger partial charge < -0.3 is 9.47 Å². The second-order valence-electron chi connectivity index (χ2n) is 5.32. The summed E-state index contributed by atoms with van der Waals surface area (Å²) >= 11 is 10.2. The lowest BCUT2D eigenvalue weighted by Gasteiger charge is -2.14. The molecular formula is C19H16BrNO3S2. The summed E-state index contributed by atoms with van der Waals surface area (Å²) in [6, 6.07) is 13.1. The number of rotatable bonds is 5. The number of ether oxygens (including phenoxy) is 2. The Bertz CT molecular complexity index is 884. The van der Waals surface area contributed by atoms with Gasteiger partial charge in [-0.2, -0.15) is 0 Å². The van der Waals surface area contributed by atoms with E-state index < -0.39 is 0 Å². The van der Waals surface area contributed by atoms with Crippen molar-refractivity contribution < 1.29 is 14.3 Å². The van der Waals surface area contributed by atoms with Crippen LogP contribution in [0.4, 0.5) is 5.69 Å². The molecule has 0 aromatic heterocycles. The Labute approximate surface area is 170 Å². The minimum Gasteiger partial charge on any atom is -0.493 e. The first-order valence-corrected chi connectivity index (χ1v) is 9.90. The third kappa shape index (κ3) is 3.79. The molecule has 0 saturated carbocycles. The molecule has 26 heavy (non-hydrogen) atoms. The highest BCUT2D eigenvalue weighted by molar-refractivity contribution is 9.10. The molecule has 0 bridgehead atoms. The number of thiocarbonyl (C=S) groups is 1. The Morgan fingerprint density at radius 2 is 2.00 bits per heavy atom. The van der Waals surface area contributed by atoms with E-state index in [0.29, 0.717) is 27.3 Å². The number of hydrogen-bond acceptors (Lipinski definition) is 5. The summed E-state index contributed by atoms with van der Waals surface area (Å²) in [4.78, 5) is 14.9. The lowest BCUT2D eigenvalue weighted by molar-refractivity contribution is -0.113. The predicted molar refractivity (Wildman–Crippen MR) is 114 cm³/mol. The molecule has 1 aliphatic rings. The molecular weight excluding hydrogens is 434 g/mol. The van der Waals surface area contributed by atoms with Crippen molar-refractivity contribution in [1.82, 2.24) is 0 Å². The van der Waals surface area contributed by atoms with Crippen LogP contribution in [0.5, 0.6) is 11.5 Å². The van der Waals surface area contributed by atoms with Crippen LogP contribution in [0, 0.1) is 0 Å². The third-order valence-corrected chi connectivity index (χ3v) is 5.54. The van der Waals surface area contributed by atoms with Crippen molar-refractivity contribution in [2.24, 2.45) is 0 Å². The number of para-hydroxylation sites is 1. The van der Waals surface area contributed by atoms with Gasteiger partial charge in [0.15, 0.2) is 15.8 Å². The van der Waals surface area contributed by atoms with Gasteiger partial charge in [0.2, 0.25) is 0 Å². The van der Waals surface area contributed by atoms with E-state index >= 15 is 0 Å². The number of anilines is 1. The monoisotopic (exact) mass is 449 g/mol. The molecule has 1 saturated heterocycles. The Balaban J connectivity index is 1.95. The Hall–Kier alpha value is -1.83. The molecule has 1 amide bonds. The summed E-state index contributed by atoms with van der Waals surface area (Å²) in [5, 5.41) is 0. The molecule has 2 aromatic carbocycles. The number of methoxy groups -OCH3 is 1. The summed E-state index contributed by atoms with van der Waals surface area (Å²) in [6.45, 7) is 2.44. The molecule has 0 unspecified atom stereocenters. The summed E-state index contributed by atoms with van der Waals surface area (Å²) < 4.78 is 12.3. The van der Waals surface area contributed by atoms with E-state index in [2.05, 4.69) is 15.9 Å². The number of amides is 1. The van der Waals surface area contributed by atoms with Gasteiger partial charge in [0.25, 0.3) is 5.91 Å². The average molecular weight is 450 g/mol. The molecule has 3 rings (SSSR count). The van der Waals surface area contributed by atoms with Gasteiger partial charge in [0.05, 0.1) is 28.8 Å². The van der Waals surface area contributed by atoms with Gasteiger partial charge in [-0.15, -0.1) is 0 Å². The van der Waals surface area contributed by atoms with Crippen LogP contribution in [0.2, 0.25) is 0 Å². The van der Waals surface area contributed by atoms with Crippen LogP contribution in [-0.4, -0.2) is 23.9 Å². The highest BCUT2D eigenvalue weighted by Crippen LogP contribution is 2.40. The van der Waals surface area contributed by atoms with Gasteiger partial charge in [-0.05, 0) is 58.8 Å². The van der Waals surface area contributed by atoms with E-state index in [1.54, 1.807) is 12.0 Å². The lowest BCUT2D eigenvalue weighted by Crippen LogP contribution is -2.27. The van der Waals surface area contributed by atoms with E-state index in [1.165, 1.54) is 11.8 Å². The van der Waals surface area contributed by atoms with E-state index in [0.717, 1.165) is 15.7 Å². The zero-order valence-corrected chi connectivity index (χ0v) is 17.4. The van der Waals surface area contributed by atoms with E-state index in [9.17, 15) is 4.79 Å². The van der Waals surface area contributed by atoms with Crippen molar-refractivity contribution in [2.45, 2.75) is 6.92 Å². The number of nitrogens with zero attached hydrogens (tertiary/aromatic N) is 1. The number of carbonyl (C=O) groups is 1. The van der Waals surface area contributed by atoms with Gasteiger partial charge in [0, 0.05) is 0 Å². The van der Waals surface area contributed by atoms with Crippen molar-refractivity contribution in [3.05, 3.63) is 57.4 Å². The fraction of sp³-hybridized carbons (Fsp3) is 0.158. The first-order chi connectivity index (χ1) is 12.5. The molecule has 0 spiro atoms.